The minimum absolute atomic E-state index is 0.400. The Kier molecular flexibility index (Phi) is 15.0. The molecule has 0 atom stereocenters. The third kappa shape index (κ3) is 10.8. The van der Waals surface area contributed by atoms with Crippen molar-refractivity contribution in [3.05, 3.63) is 0 Å². The highest BCUT2D eigenvalue weighted by molar-refractivity contribution is 7.58. The molecule has 0 saturated heterocycles. The number of rotatable bonds is 13. The van der Waals surface area contributed by atoms with Gasteiger partial charge in [-0.2, -0.15) is 0 Å². The van der Waals surface area contributed by atoms with E-state index in [2.05, 4.69) is 27.7 Å². The van der Waals surface area contributed by atoms with Gasteiger partial charge in [0.15, 0.2) is 0 Å². The van der Waals surface area contributed by atoms with Gasteiger partial charge >= 0.3 is 0 Å². The van der Waals surface area contributed by atoms with Gasteiger partial charge in [-0.05, 0) is 49.8 Å². The van der Waals surface area contributed by atoms with Gasteiger partial charge in [0.1, 0.15) is 0 Å². The lowest BCUT2D eigenvalue weighted by molar-refractivity contribution is 0.881. The quantitative estimate of drug-likeness (QED) is 0.273. The Bertz CT molecular complexity index is 129. The van der Waals surface area contributed by atoms with Crippen LogP contribution in [0.1, 0.15) is 66.2 Å². The lowest BCUT2D eigenvalue weighted by atomic mass is 10.4. The number of hydrogen-bond donors (Lipinski definition) is 0. The molecule has 0 amide bonds. The minimum atomic E-state index is 0.400. The molecule has 0 aromatic heterocycles. The van der Waals surface area contributed by atoms with Gasteiger partial charge < -0.3 is 0 Å². The Hall–Kier alpha value is 0.860. The molecule has 0 nitrogen and oxygen atoms in total. The molecule has 18 heavy (non-hydrogen) atoms. The molecule has 0 aliphatic heterocycles. The summed E-state index contributed by atoms with van der Waals surface area (Å²) in [4.78, 5) is 0. The largest absolute Gasteiger partial charge is 0.107 e. The van der Waals surface area contributed by atoms with Crippen molar-refractivity contribution in [2.45, 2.75) is 66.2 Å². The van der Waals surface area contributed by atoms with Crippen LogP contribution in [0.25, 0.3) is 0 Å². The fourth-order valence-corrected chi connectivity index (χ4v) is 7.82. The van der Waals surface area contributed by atoms with Crippen LogP contribution in [-0.2, 0) is 0 Å². The van der Waals surface area contributed by atoms with Gasteiger partial charge in [0, 0.05) is 0 Å². The van der Waals surface area contributed by atoms with Crippen molar-refractivity contribution in [2.24, 2.45) is 0 Å². The van der Waals surface area contributed by atoms with Crippen LogP contribution in [0.4, 0.5) is 0 Å². The zero-order valence-corrected chi connectivity index (χ0v) is 15.2. The first-order chi connectivity index (χ1) is 8.78. The van der Waals surface area contributed by atoms with E-state index < -0.39 is 0 Å². The topological polar surface area (TPSA) is 0 Å². The van der Waals surface area contributed by atoms with Crippen LogP contribution >= 0.6 is 15.8 Å². The smallest absolute Gasteiger partial charge is 0.0326 e. The van der Waals surface area contributed by atoms with Crippen molar-refractivity contribution in [3.8, 4) is 0 Å². The average Bonchev–Trinajstić information content (AvgIpc) is 2.35. The summed E-state index contributed by atoms with van der Waals surface area (Å²) in [6.45, 7) is 9.42. The van der Waals surface area contributed by atoms with Gasteiger partial charge in [0.25, 0.3) is 0 Å². The molecule has 2 heteroatoms. The third-order valence-electron chi connectivity index (χ3n) is 3.36. The first-order valence-corrected chi connectivity index (χ1v) is 12.0. The van der Waals surface area contributed by atoms with Crippen LogP contribution in [0.15, 0.2) is 0 Å². The van der Waals surface area contributed by atoms with E-state index in [1.165, 1.54) is 63.2 Å². The summed E-state index contributed by atoms with van der Waals surface area (Å²) < 4.78 is 0. The zero-order chi connectivity index (χ0) is 13.6. The summed E-state index contributed by atoms with van der Waals surface area (Å²) in [6, 6.07) is 0. The summed E-state index contributed by atoms with van der Waals surface area (Å²) in [5.74, 6) is 0. The zero-order valence-electron chi connectivity index (χ0n) is 13.4. The molecule has 0 heterocycles. The van der Waals surface area contributed by atoms with Gasteiger partial charge in [0.2, 0.25) is 0 Å². The molecule has 0 aliphatic rings. The second-order valence-corrected chi connectivity index (χ2v) is 10.8. The number of unbranched alkanes of at least 4 members (excludes halogenated alkanes) is 1. The maximum atomic E-state index is 2.35. The van der Waals surface area contributed by atoms with Gasteiger partial charge in [-0.3, -0.25) is 0 Å². The standard InChI is InChI=1S/C16H36P2/c1-5-11-17(12-6-2)15-9-10-16-18(13-7-3)14-8-4/h5-16H2,1-4H3. The molecule has 0 rings (SSSR count). The second-order valence-electron chi connectivity index (χ2n) is 5.39. The molecule has 0 radical (unpaired) electrons. The summed E-state index contributed by atoms with van der Waals surface area (Å²) in [5.41, 5.74) is 0. The Morgan fingerprint density at radius 1 is 0.444 bits per heavy atom. The average molecular weight is 290 g/mol. The van der Waals surface area contributed by atoms with E-state index in [-0.39, 0.29) is 0 Å². The molecule has 110 valence electrons. The monoisotopic (exact) mass is 290 g/mol. The molecule has 0 saturated carbocycles. The maximum absolute atomic E-state index is 2.35. The fourth-order valence-electron chi connectivity index (χ4n) is 2.61. The van der Waals surface area contributed by atoms with Gasteiger partial charge in [-0.25, -0.2) is 0 Å². The van der Waals surface area contributed by atoms with Crippen molar-refractivity contribution in [3.63, 3.8) is 0 Å². The van der Waals surface area contributed by atoms with E-state index in [0.29, 0.717) is 15.8 Å². The van der Waals surface area contributed by atoms with E-state index in [4.69, 9.17) is 0 Å². The van der Waals surface area contributed by atoms with Gasteiger partial charge in [0.05, 0.1) is 0 Å². The molecule has 0 N–H and O–H groups in total. The van der Waals surface area contributed by atoms with Crippen LogP contribution < -0.4 is 0 Å². The molecule has 0 aromatic carbocycles. The summed E-state index contributed by atoms with van der Waals surface area (Å²) in [7, 11) is 0.799. The van der Waals surface area contributed by atoms with Crippen LogP contribution in [-0.4, -0.2) is 37.0 Å². The van der Waals surface area contributed by atoms with E-state index in [0.717, 1.165) is 0 Å². The van der Waals surface area contributed by atoms with Crippen LogP contribution in [0, 0.1) is 0 Å². The minimum Gasteiger partial charge on any atom is -0.107 e. The third-order valence-corrected chi connectivity index (χ3v) is 9.57. The molecule has 0 fully saturated rings. The Labute approximate surface area is 119 Å². The molecule has 0 spiro atoms. The van der Waals surface area contributed by atoms with Crippen molar-refractivity contribution in [1.82, 2.24) is 0 Å². The lowest BCUT2D eigenvalue weighted by Crippen LogP contribution is -1.98. The first kappa shape index (κ1) is 18.9. The molecule has 0 aromatic rings. The molecular weight excluding hydrogens is 254 g/mol. The van der Waals surface area contributed by atoms with E-state index in [1.54, 1.807) is 12.3 Å². The fraction of sp³-hybridized carbons (Fsp3) is 1.00. The maximum Gasteiger partial charge on any atom is -0.0326 e. The van der Waals surface area contributed by atoms with Crippen molar-refractivity contribution < 1.29 is 0 Å². The molecule has 0 aliphatic carbocycles. The van der Waals surface area contributed by atoms with Crippen LogP contribution in [0.2, 0.25) is 0 Å². The Balaban J connectivity index is 3.66. The second kappa shape index (κ2) is 14.3. The van der Waals surface area contributed by atoms with Gasteiger partial charge in [-0.15, -0.1) is 15.8 Å². The van der Waals surface area contributed by atoms with Crippen molar-refractivity contribution in [1.29, 1.82) is 0 Å². The van der Waals surface area contributed by atoms with Crippen molar-refractivity contribution >= 4 is 15.8 Å². The van der Waals surface area contributed by atoms with Crippen LogP contribution in [0.3, 0.4) is 0 Å². The van der Waals surface area contributed by atoms with E-state index in [1.807, 2.05) is 0 Å². The number of hydrogen-bond acceptors (Lipinski definition) is 0. The summed E-state index contributed by atoms with van der Waals surface area (Å²) in [6.07, 6.45) is 17.9. The molecule has 0 bridgehead atoms. The summed E-state index contributed by atoms with van der Waals surface area (Å²) in [5, 5.41) is 0. The Morgan fingerprint density at radius 3 is 0.944 bits per heavy atom. The van der Waals surface area contributed by atoms with Crippen molar-refractivity contribution in [2.75, 3.05) is 37.0 Å². The SMILES string of the molecule is CCCP(CCC)CCCCP(CCC)CCC. The van der Waals surface area contributed by atoms with E-state index in [9.17, 15) is 0 Å². The predicted molar refractivity (Wildman–Crippen MR) is 93.4 cm³/mol. The molecule has 0 unspecified atom stereocenters. The van der Waals surface area contributed by atoms with Gasteiger partial charge in [-0.1, -0.05) is 53.4 Å². The Morgan fingerprint density at radius 2 is 0.722 bits per heavy atom. The predicted octanol–water partition coefficient (Wildman–Crippen LogP) is 6.37. The first-order valence-electron chi connectivity index (χ1n) is 8.23. The summed E-state index contributed by atoms with van der Waals surface area (Å²) >= 11 is 0. The normalized spacial score (nSPS) is 11.7. The highest BCUT2D eigenvalue weighted by Gasteiger charge is 2.08. The lowest BCUT2D eigenvalue weighted by Gasteiger charge is -2.18. The highest BCUT2D eigenvalue weighted by atomic mass is 31.1. The van der Waals surface area contributed by atoms with Crippen LogP contribution in [0.5, 0.6) is 0 Å². The molecular formula is C16H36P2. The van der Waals surface area contributed by atoms with E-state index >= 15 is 0 Å². The highest BCUT2D eigenvalue weighted by Crippen LogP contribution is 2.41.